The molecule has 0 radical (unpaired) electrons. The molecule has 3 N–H and O–H groups in total. The number of esters is 3. The number of thioether (sulfide) groups is 1. The molecule has 7 aliphatic rings. The predicted octanol–water partition coefficient (Wildman–Crippen LogP) is 5.10. The summed E-state index contributed by atoms with van der Waals surface area (Å²) in [4.78, 5) is 58.4. The minimum atomic E-state index is -1.50. The third kappa shape index (κ3) is 7.43. The number of rotatable bonds is 6. The van der Waals surface area contributed by atoms with Gasteiger partial charge in [-0.3, -0.25) is 19.9 Å². The maximum absolute atomic E-state index is 15.1. The Labute approximate surface area is 392 Å². The standard InChI is InChI=1S/C48H55N5O13S/c1-21-13-26-14-28-29(17-49)53-30-18-61-45(57)48(27-16-31(59-9)32(15-25(27)11-12-50-48)65-44(56)23(3)51-46(58)66-47(5,6)7)19-67-43(37(53)36(52(28)8)33(26)38(55)39(21)60-10)35-34(30)42-41(62-20-63-42)22(2)40(35)64-24(4)54/h13,15-16,23,28-30,36-37,43,50,55H,11-12,14,18-20H2,1-10H3,(H,51,58)/t23-,28+,29-,30+,36+,37?,43+,48+/m0/s1. The van der Waals surface area contributed by atoms with Crippen LogP contribution in [0.5, 0.6) is 40.2 Å². The fourth-order valence-electron chi connectivity index (χ4n) is 11.0. The van der Waals surface area contributed by atoms with Gasteiger partial charge in [0.2, 0.25) is 6.79 Å². The number of phenols is 1. The van der Waals surface area contributed by atoms with Gasteiger partial charge in [-0.1, -0.05) is 6.07 Å². The van der Waals surface area contributed by atoms with Crippen LogP contribution in [0, 0.1) is 25.2 Å². The summed E-state index contributed by atoms with van der Waals surface area (Å²) in [6.45, 7) is 11.6. The predicted molar refractivity (Wildman–Crippen MR) is 241 cm³/mol. The van der Waals surface area contributed by atoms with Gasteiger partial charge < -0.3 is 48.3 Å². The molecular formula is C48H55N5O13S. The number of fused-ring (bicyclic) bond motifs is 9. The highest BCUT2D eigenvalue weighted by atomic mass is 32.2. The number of nitrogens with zero attached hydrogens (tertiary/aromatic N) is 3. The smallest absolute Gasteiger partial charge is 0.408 e. The first kappa shape index (κ1) is 46.2. The van der Waals surface area contributed by atoms with E-state index in [-0.39, 0.29) is 48.2 Å². The van der Waals surface area contributed by atoms with E-state index in [0.29, 0.717) is 70.0 Å². The van der Waals surface area contributed by atoms with Crippen molar-refractivity contribution in [2.75, 3.05) is 47.0 Å². The van der Waals surface area contributed by atoms with E-state index in [1.165, 1.54) is 39.8 Å². The first-order valence-corrected chi connectivity index (χ1v) is 23.3. The van der Waals surface area contributed by atoms with Gasteiger partial charge in [0.25, 0.3) is 0 Å². The molecule has 10 rings (SSSR count). The first-order valence-electron chi connectivity index (χ1n) is 22.2. The number of nitriles is 1. The van der Waals surface area contributed by atoms with Crippen LogP contribution in [0.3, 0.4) is 0 Å². The van der Waals surface area contributed by atoms with Crippen LogP contribution in [0.4, 0.5) is 4.79 Å². The Hall–Kier alpha value is -5.94. The topological polar surface area (TPSA) is 217 Å². The molecule has 0 aliphatic carbocycles. The van der Waals surface area contributed by atoms with Gasteiger partial charge in [0.15, 0.2) is 40.0 Å². The number of piperazine rings is 1. The summed E-state index contributed by atoms with van der Waals surface area (Å²) >= 11 is 1.43. The number of ether oxygens (including phenoxy) is 8. The molecule has 356 valence electrons. The molecule has 4 bridgehead atoms. The molecule has 18 nitrogen and oxygen atoms in total. The molecule has 19 heteroatoms. The third-order valence-corrected chi connectivity index (χ3v) is 15.2. The normalized spacial score (nSPS) is 26.4. The molecule has 3 aromatic rings. The quantitative estimate of drug-likeness (QED) is 0.216. The Bertz CT molecular complexity index is 2650. The first-order chi connectivity index (χ1) is 31.8. The molecule has 1 unspecified atom stereocenters. The Balaban J connectivity index is 1.20. The lowest BCUT2D eigenvalue weighted by Gasteiger charge is -2.62. The van der Waals surface area contributed by atoms with Crippen molar-refractivity contribution in [3.63, 3.8) is 0 Å². The number of hydrogen-bond donors (Lipinski definition) is 3. The Morgan fingerprint density at radius 3 is 2.45 bits per heavy atom. The SMILES string of the molecule is COc1cc2c(cc1OC(=O)[C@H](C)NC(=O)OC(C)(C)C)CCN[C@]21CS[C@@H]2c3c(OC(C)=O)c(C)c4c(c3[C@@H](COC1=O)N1C2[C@H]2c3c(cc(C)c(OC)c3O)C[C@H]([C@@H]1C#N)N2C)OCO4. The van der Waals surface area contributed by atoms with Gasteiger partial charge >= 0.3 is 24.0 Å². The van der Waals surface area contributed by atoms with Crippen molar-refractivity contribution < 1.29 is 62.2 Å². The number of carbonyl (C=O) groups excluding carboxylic acids is 4. The van der Waals surface area contributed by atoms with Gasteiger partial charge in [0.05, 0.1) is 37.6 Å². The Morgan fingerprint density at radius 2 is 1.76 bits per heavy atom. The van der Waals surface area contributed by atoms with Gasteiger partial charge in [0.1, 0.15) is 30.0 Å². The summed E-state index contributed by atoms with van der Waals surface area (Å²) < 4.78 is 47.8. The summed E-state index contributed by atoms with van der Waals surface area (Å²) in [6.07, 6.45) is 0.109. The molecule has 0 aromatic heterocycles. The van der Waals surface area contributed by atoms with Crippen LogP contribution in [0.2, 0.25) is 0 Å². The van der Waals surface area contributed by atoms with E-state index >= 15 is 4.79 Å². The maximum Gasteiger partial charge on any atom is 0.408 e. The van der Waals surface area contributed by atoms with Crippen LogP contribution in [-0.2, 0) is 42.2 Å². The van der Waals surface area contributed by atoms with Gasteiger partial charge in [-0.25, -0.2) is 14.4 Å². The van der Waals surface area contributed by atoms with Crippen LogP contribution in [0.1, 0.15) is 96.5 Å². The summed E-state index contributed by atoms with van der Waals surface area (Å²) in [5.41, 5.74) is 3.06. The van der Waals surface area contributed by atoms with E-state index in [1.807, 2.05) is 27.0 Å². The maximum atomic E-state index is 15.1. The zero-order valence-corrected chi connectivity index (χ0v) is 39.9. The van der Waals surface area contributed by atoms with Crippen molar-refractivity contribution in [2.24, 2.45) is 0 Å². The minimum Gasteiger partial charge on any atom is -0.504 e. The second kappa shape index (κ2) is 17.0. The molecular weight excluding hydrogens is 887 g/mol. The van der Waals surface area contributed by atoms with E-state index in [9.17, 15) is 24.8 Å². The van der Waals surface area contributed by atoms with Crippen molar-refractivity contribution in [1.29, 1.82) is 5.26 Å². The minimum absolute atomic E-state index is 0.00723. The zero-order valence-electron chi connectivity index (χ0n) is 39.1. The van der Waals surface area contributed by atoms with Gasteiger partial charge in [-0.05, 0) is 95.8 Å². The monoisotopic (exact) mass is 941 g/mol. The van der Waals surface area contributed by atoms with Gasteiger partial charge in [-0.2, -0.15) is 5.26 Å². The number of alkyl carbamates (subject to hydrolysis) is 1. The Kier molecular flexibility index (Phi) is 11.7. The van der Waals surface area contributed by atoms with Crippen LogP contribution < -0.4 is 39.1 Å². The molecule has 7 aliphatic heterocycles. The molecule has 7 heterocycles. The van der Waals surface area contributed by atoms with Crippen molar-refractivity contribution in [2.45, 2.75) is 114 Å². The highest BCUT2D eigenvalue weighted by Crippen LogP contribution is 2.64. The van der Waals surface area contributed by atoms with Crippen LogP contribution in [0.15, 0.2) is 18.2 Å². The number of likely N-dealkylation sites (N-methyl/N-ethyl adjacent to an activating group) is 1. The molecule has 2 fully saturated rings. The fraction of sp³-hybridized carbons (Fsp3) is 0.521. The van der Waals surface area contributed by atoms with E-state index in [4.69, 9.17) is 37.9 Å². The molecule has 0 saturated carbocycles. The number of hydrogen-bond acceptors (Lipinski definition) is 18. The van der Waals surface area contributed by atoms with Crippen LogP contribution in [-0.4, -0.2) is 116 Å². The summed E-state index contributed by atoms with van der Waals surface area (Å²) in [6, 6.07) is 3.86. The number of nitrogens with one attached hydrogen (secondary N) is 2. The van der Waals surface area contributed by atoms with Gasteiger partial charge in [0, 0.05) is 53.6 Å². The number of aryl methyl sites for hydroxylation is 1. The summed E-state index contributed by atoms with van der Waals surface area (Å²) in [7, 11) is 4.91. The second-order valence-electron chi connectivity index (χ2n) is 18.9. The average Bonchev–Trinajstić information content (AvgIpc) is 3.76. The third-order valence-electron chi connectivity index (χ3n) is 13.7. The van der Waals surface area contributed by atoms with E-state index in [0.717, 1.165) is 11.1 Å². The van der Waals surface area contributed by atoms with Crippen molar-refractivity contribution in [1.82, 2.24) is 20.4 Å². The number of methoxy groups -OCH3 is 2. The number of aromatic hydroxyl groups is 1. The van der Waals surface area contributed by atoms with E-state index in [2.05, 4.69) is 26.5 Å². The molecule has 2 saturated heterocycles. The van der Waals surface area contributed by atoms with Crippen LogP contribution >= 0.6 is 11.8 Å². The Morgan fingerprint density at radius 1 is 1.01 bits per heavy atom. The summed E-state index contributed by atoms with van der Waals surface area (Å²) in [5, 5.41) is 28.8. The molecule has 1 amide bonds. The van der Waals surface area contributed by atoms with Gasteiger partial charge in [-0.15, -0.1) is 11.8 Å². The van der Waals surface area contributed by atoms with E-state index in [1.54, 1.807) is 32.9 Å². The van der Waals surface area contributed by atoms with Crippen LogP contribution in [0.25, 0.3) is 0 Å². The molecule has 67 heavy (non-hydrogen) atoms. The molecule has 3 aromatic carbocycles. The van der Waals surface area contributed by atoms with E-state index < -0.39 is 70.6 Å². The lowest BCUT2D eigenvalue weighted by Crippen LogP contribution is -2.69. The number of benzene rings is 3. The zero-order chi connectivity index (χ0) is 48.0. The lowest BCUT2D eigenvalue weighted by atomic mass is 9.71. The second-order valence-corrected chi connectivity index (χ2v) is 20.0. The highest BCUT2D eigenvalue weighted by molar-refractivity contribution is 7.99. The van der Waals surface area contributed by atoms with Crippen molar-refractivity contribution >= 4 is 35.8 Å². The number of phenolic OH excluding ortho intramolecular Hbond substituents is 1. The van der Waals surface area contributed by atoms with Crippen molar-refractivity contribution in [3.05, 3.63) is 62.7 Å². The van der Waals surface area contributed by atoms with Crippen molar-refractivity contribution in [3.8, 4) is 46.3 Å². The molecule has 8 atom stereocenters. The summed E-state index contributed by atoms with van der Waals surface area (Å²) in [5.74, 6) is -0.139. The molecule has 1 spiro atoms. The number of amides is 1. The highest BCUT2D eigenvalue weighted by Gasteiger charge is 2.62. The largest absolute Gasteiger partial charge is 0.504 e. The average molecular weight is 942 g/mol. The lowest BCUT2D eigenvalue weighted by molar-refractivity contribution is -0.157. The number of carbonyl (C=O) groups is 4. The fourth-order valence-corrected chi connectivity index (χ4v) is 12.7.